The van der Waals surface area contributed by atoms with Crippen LogP contribution in [0.15, 0.2) is 17.1 Å². The fourth-order valence-electron chi connectivity index (χ4n) is 3.75. The Bertz CT molecular complexity index is 699. The molecule has 2 N–H and O–H groups in total. The molecule has 1 aliphatic carbocycles. The van der Waals surface area contributed by atoms with E-state index >= 15 is 0 Å². The Morgan fingerprint density at radius 2 is 2.04 bits per heavy atom. The van der Waals surface area contributed by atoms with Crippen molar-refractivity contribution in [3.8, 4) is 11.5 Å². The molecule has 2 unspecified atom stereocenters. The summed E-state index contributed by atoms with van der Waals surface area (Å²) in [6.45, 7) is 6.32. The predicted octanol–water partition coefficient (Wildman–Crippen LogP) is 2.88. The number of hydrogen-bond acceptors (Lipinski definition) is 4. The van der Waals surface area contributed by atoms with E-state index in [4.69, 9.17) is 21.1 Å². The molecule has 1 aromatic carbocycles. The standard InChI is InChI=1S/C19H27ClN4O2.HI/c1-12-10-24(14-3-4-14)11-16(12)23-19(21-2)22-9-13-7-15(20)18-17(8-13)25-5-6-26-18;/h7-8,12,14,16H,3-6,9-11H2,1-2H3,(H2,21,22,23);1H. The van der Waals surface area contributed by atoms with Crippen LogP contribution in [-0.4, -0.2) is 56.3 Å². The predicted molar refractivity (Wildman–Crippen MR) is 119 cm³/mol. The zero-order valence-corrected chi connectivity index (χ0v) is 18.9. The number of hydrogen-bond donors (Lipinski definition) is 2. The molecule has 2 atom stereocenters. The lowest BCUT2D eigenvalue weighted by atomic mass is 10.1. The Balaban J connectivity index is 0.00000210. The minimum Gasteiger partial charge on any atom is -0.486 e. The van der Waals surface area contributed by atoms with E-state index in [0.717, 1.165) is 24.1 Å². The van der Waals surface area contributed by atoms with Gasteiger partial charge in [0.05, 0.1) is 5.02 Å². The zero-order chi connectivity index (χ0) is 18.1. The first kappa shape index (κ1) is 20.8. The number of ether oxygens (including phenoxy) is 2. The van der Waals surface area contributed by atoms with E-state index in [1.54, 1.807) is 0 Å². The van der Waals surface area contributed by atoms with Crippen molar-refractivity contribution in [3.63, 3.8) is 0 Å². The lowest BCUT2D eigenvalue weighted by Crippen LogP contribution is -2.46. The summed E-state index contributed by atoms with van der Waals surface area (Å²) >= 11 is 6.32. The molecule has 2 fully saturated rings. The van der Waals surface area contributed by atoms with E-state index in [2.05, 4.69) is 27.4 Å². The van der Waals surface area contributed by atoms with Gasteiger partial charge in [-0.2, -0.15) is 0 Å². The van der Waals surface area contributed by atoms with Gasteiger partial charge in [-0.25, -0.2) is 0 Å². The second-order valence-corrected chi connectivity index (χ2v) is 7.85. The number of likely N-dealkylation sites (tertiary alicyclic amines) is 1. The van der Waals surface area contributed by atoms with Crippen LogP contribution in [0.1, 0.15) is 25.3 Å². The first-order valence-electron chi connectivity index (χ1n) is 9.43. The summed E-state index contributed by atoms with van der Waals surface area (Å²) in [7, 11) is 1.81. The Labute approximate surface area is 183 Å². The number of guanidine groups is 1. The van der Waals surface area contributed by atoms with Gasteiger partial charge in [-0.1, -0.05) is 18.5 Å². The van der Waals surface area contributed by atoms with E-state index in [9.17, 15) is 0 Å². The van der Waals surface area contributed by atoms with Crippen molar-refractivity contribution in [1.29, 1.82) is 0 Å². The Morgan fingerprint density at radius 1 is 1.26 bits per heavy atom. The van der Waals surface area contributed by atoms with Crippen molar-refractivity contribution in [2.45, 2.75) is 38.4 Å². The average molecular weight is 507 g/mol. The molecule has 0 radical (unpaired) electrons. The maximum absolute atomic E-state index is 6.32. The molecular weight excluding hydrogens is 479 g/mol. The normalized spacial score (nSPS) is 25.1. The average Bonchev–Trinajstić information content (AvgIpc) is 3.43. The number of rotatable bonds is 4. The fraction of sp³-hybridized carbons (Fsp3) is 0.632. The number of benzene rings is 1. The van der Waals surface area contributed by atoms with Crippen LogP contribution < -0.4 is 20.1 Å². The number of aliphatic imine (C=N–C) groups is 1. The Kier molecular flexibility index (Phi) is 6.97. The maximum atomic E-state index is 6.32. The zero-order valence-electron chi connectivity index (χ0n) is 15.8. The van der Waals surface area contributed by atoms with Crippen molar-refractivity contribution in [3.05, 3.63) is 22.7 Å². The van der Waals surface area contributed by atoms with Gasteiger partial charge in [0.2, 0.25) is 0 Å². The molecule has 8 heteroatoms. The molecule has 150 valence electrons. The molecule has 1 saturated heterocycles. The number of nitrogens with one attached hydrogen (secondary N) is 2. The molecule has 0 aromatic heterocycles. The van der Waals surface area contributed by atoms with Crippen LogP contribution in [-0.2, 0) is 6.54 Å². The largest absolute Gasteiger partial charge is 0.486 e. The maximum Gasteiger partial charge on any atom is 0.191 e. The lowest BCUT2D eigenvalue weighted by molar-refractivity contribution is 0.171. The molecule has 2 heterocycles. The lowest BCUT2D eigenvalue weighted by Gasteiger charge is -2.22. The van der Waals surface area contributed by atoms with E-state index in [1.165, 1.54) is 19.4 Å². The highest BCUT2D eigenvalue weighted by Crippen LogP contribution is 2.38. The third-order valence-corrected chi connectivity index (χ3v) is 5.65. The molecule has 1 aromatic rings. The molecule has 4 rings (SSSR count). The van der Waals surface area contributed by atoms with Crippen LogP contribution in [0.5, 0.6) is 11.5 Å². The number of nitrogens with zero attached hydrogens (tertiary/aromatic N) is 2. The van der Waals surface area contributed by atoms with Gasteiger partial charge in [0.15, 0.2) is 17.5 Å². The van der Waals surface area contributed by atoms with Gasteiger partial charge in [0.25, 0.3) is 0 Å². The quantitative estimate of drug-likeness (QED) is 0.374. The molecule has 6 nitrogen and oxygen atoms in total. The molecule has 0 bridgehead atoms. The summed E-state index contributed by atoms with van der Waals surface area (Å²) in [6, 6.07) is 5.15. The molecule has 0 amide bonds. The molecule has 1 saturated carbocycles. The SMILES string of the molecule is CN=C(NCc1cc(Cl)c2c(c1)OCCO2)NC1CN(C2CC2)CC1C.I. The summed E-state index contributed by atoms with van der Waals surface area (Å²) < 4.78 is 11.2. The second kappa shape index (κ2) is 9.05. The van der Waals surface area contributed by atoms with Crippen molar-refractivity contribution in [2.24, 2.45) is 10.9 Å². The minimum absolute atomic E-state index is 0. The van der Waals surface area contributed by atoms with Crippen molar-refractivity contribution in [1.82, 2.24) is 15.5 Å². The summed E-state index contributed by atoms with van der Waals surface area (Å²) in [5.41, 5.74) is 1.04. The number of fused-ring (bicyclic) bond motifs is 1. The van der Waals surface area contributed by atoms with Crippen molar-refractivity contribution >= 4 is 41.5 Å². The monoisotopic (exact) mass is 506 g/mol. The van der Waals surface area contributed by atoms with Gasteiger partial charge in [-0.3, -0.25) is 9.89 Å². The summed E-state index contributed by atoms with van der Waals surface area (Å²) in [6.07, 6.45) is 2.72. The minimum atomic E-state index is 0. The Morgan fingerprint density at radius 3 is 2.78 bits per heavy atom. The highest BCUT2D eigenvalue weighted by Gasteiger charge is 2.38. The van der Waals surface area contributed by atoms with Crippen LogP contribution in [0, 0.1) is 5.92 Å². The van der Waals surface area contributed by atoms with Crippen molar-refractivity contribution in [2.75, 3.05) is 33.4 Å². The van der Waals surface area contributed by atoms with Crippen LogP contribution in [0.25, 0.3) is 0 Å². The summed E-state index contributed by atoms with van der Waals surface area (Å²) in [5.74, 6) is 2.81. The molecule has 2 aliphatic heterocycles. The van der Waals surface area contributed by atoms with E-state index in [-0.39, 0.29) is 24.0 Å². The third kappa shape index (κ3) is 4.92. The highest BCUT2D eigenvalue weighted by atomic mass is 127. The first-order chi connectivity index (χ1) is 12.6. The molecule has 3 aliphatic rings. The van der Waals surface area contributed by atoms with Crippen LogP contribution in [0.4, 0.5) is 0 Å². The number of halogens is 2. The van der Waals surface area contributed by atoms with Crippen LogP contribution in [0.3, 0.4) is 0 Å². The topological polar surface area (TPSA) is 58.1 Å². The van der Waals surface area contributed by atoms with Gasteiger partial charge >= 0.3 is 0 Å². The van der Waals surface area contributed by atoms with E-state index in [1.807, 2.05) is 19.2 Å². The summed E-state index contributed by atoms with van der Waals surface area (Å²) in [4.78, 5) is 6.99. The highest BCUT2D eigenvalue weighted by molar-refractivity contribution is 14.0. The van der Waals surface area contributed by atoms with Gasteiger partial charge in [-0.05, 0) is 36.5 Å². The van der Waals surface area contributed by atoms with Crippen LogP contribution in [0.2, 0.25) is 5.02 Å². The molecule has 27 heavy (non-hydrogen) atoms. The Hall–Kier alpha value is -0.930. The van der Waals surface area contributed by atoms with E-state index < -0.39 is 0 Å². The van der Waals surface area contributed by atoms with Gasteiger partial charge in [-0.15, -0.1) is 24.0 Å². The van der Waals surface area contributed by atoms with Gasteiger partial charge < -0.3 is 20.1 Å². The van der Waals surface area contributed by atoms with Crippen LogP contribution >= 0.6 is 35.6 Å². The molecule has 0 spiro atoms. The first-order valence-corrected chi connectivity index (χ1v) is 9.81. The molecular formula is C19H28ClIN4O2. The van der Waals surface area contributed by atoms with Gasteiger partial charge in [0, 0.05) is 38.8 Å². The second-order valence-electron chi connectivity index (χ2n) is 7.44. The van der Waals surface area contributed by atoms with Gasteiger partial charge in [0.1, 0.15) is 13.2 Å². The smallest absolute Gasteiger partial charge is 0.191 e. The van der Waals surface area contributed by atoms with E-state index in [0.29, 0.717) is 48.2 Å². The fourth-order valence-corrected chi connectivity index (χ4v) is 4.04. The third-order valence-electron chi connectivity index (χ3n) is 5.37. The van der Waals surface area contributed by atoms with Crippen molar-refractivity contribution < 1.29 is 9.47 Å². The summed E-state index contributed by atoms with van der Waals surface area (Å²) in [5, 5.41) is 7.57.